The van der Waals surface area contributed by atoms with Gasteiger partial charge in [0, 0.05) is 25.8 Å². The Kier molecular flexibility index (Phi) is 5.69. The van der Waals surface area contributed by atoms with Gasteiger partial charge < -0.3 is 24.1 Å². The van der Waals surface area contributed by atoms with Crippen LogP contribution in [0.25, 0.3) is 11.0 Å². The molecule has 1 saturated heterocycles. The minimum Gasteiger partial charge on any atom is -0.477 e. The van der Waals surface area contributed by atoms with Gasteiger partial charge in [-0.1, -0.05) is 11.6 Å². The first-order valence-corrected chi connectivity index (χ1v) is 9.27. The summed E-state index contributed by atoms with van der Waals surface area (Å²) in [4.78, 5) is 25.1. The van der Waals surface area contributed by atoms with E-state index >= 15 is 0 Å². The predicted octanol–water partition coefficient (Wildman–Crippen LogP) is 3.53. The zero-order chi connectivity index (χ0) is 19.8. The van der Waals surface area contributed by atoms with Crippen molar-refractivity contribution in [2.24, 2.45) is 5.92 Å². The highest BCUT2D eigenvalue weighted by molar-refractivity contribution is 6.36. The van der Waals surface area contributed by atoms with Gasteiger partial charge >= 0.3 is 6.09 Å². The van der Waals surface area contributed by atoms with Crippen molar-refractivity contribution in [1.82, 2.24) is 19.9 Å². The molecule has 0 unspecified atom stereocenters. The van der Waals surface area contributed by atoms with Crippen LogP contribution in [0, 0.1) is 5.92 Å². The molecule has 27 heavy (non-hydrogen) atoms. The molecule has 0 spiro atoms. The Hall–Kier alpha value is -1.77. The molecule has 0 aliphatic carbocycles. The number of hydrogen-bond donors (Lipinski definition) is 1. The Morgan fingerprint density at radius 1 is 1.33 bits per heavy atom. The molecular formula is C17H22Cl2N4O4. The lowest BCUT2D eigenvalue weighted by atomic mass is 10.1. The monoisotopic (exact) mass is 416 g/mol. The quantitative estimate of drug-likeness (QED) is 0.766. The van der Waals surface area contributed by atoms with Gasteiger partial charge in [0.25, 0.3) is 0 Å². The number of amides is 1. The molecule has 2 aromatic heterocycles. The average molecular weight is 417 g/mol. The maximum absolute atomic E-state index is 12.3. The van der Waals surface area contributed by atoms with Gasteiger partial charge in [-0.25, -0.2) is 4.79 Å². The summed E-state index contributed by atoms with van der Waals surface area (Å²) in [6.45, 7) is 6.67. The number of aromatic amines is 1. The van der Waals surface area contributed by atoms with Crippen LogP contribution in [0.4, 0.5) is 4.79 Å². The van der Waals surface area contributed by atoms with E-state index in [-0.39, 0.29) is 30.0 Å². The Morgan fingerprint density at radius 3 is 2.74 bits per heavy atom. The van der Waals surface area contributed by atoms with Gasteiger partial charge in [0.05, 0.1) is 29.7 Å². The van der Waals surface area contributed by atoms with Crippen LogP contribution >= 0.6 is 23.2 Å². The molecule has 3 heterocycles. The molecule has 2 aromatic rings. The maximum atomic E-state index is 12.3. The number of rotatable bonds is 4. The van der Waals surface area contributed by atoms with E-state index in [2.05, 4.69) is 15.0 Å². The highest BCUT2D eigenvalue weighted by Gasteiger charge is 2.38. The first-order chi connectivity index (χ1) is 12.7. The van der Waals surface area contributed by atoms with E-state index in [1.165, 1.54) is 0 Å². The number of nitrogens with one attached hydrogen (secondary N) is 1. The molecule has 2 atom stereocenters. The lowest BCUT2D eigenvalue weighted by Gasteiger charge is -2.24. The average Bonchev–Trinajstić information content (AvgIpc) is 3.15. The molecule has 3 rings (SSSR count). The van der Waals surface area contributed by atoms with Crippen molar-refractivity contribution in [1.29, 1.82) is 0 Å². The molecule has 0 saturated carbocycles. The summed E-state index contributed by atoms with van der Waals surface area (Å²) in [6, 6.07) is 0. The number of nitrogens with zero attached hydrogens (tertiary/aromatic N) is 3. The van der Waals surface area contributed by atoms with Gasteiger partial charge in [-0.15, -0.1) is 0 Å². The van der Waals surface area contributed by atoms with Gasteiger partial charge in [-0.05, 0) is 32.4 Å². The van der Waals surface area contributed by atoms with Crippen LogP contribution in [-0.2, 0) is 9.47 Å². The lowest BCUT2D eigenvalue weighted by molar-refractivity contribution is 0.0250. The zero-order valence-corrected chi connectivity index (χ0v) is 17.1. The number of methoxy groups -OCH3 is 1. The molecule has 1 amide bonds. The van der Waals surface area contributed by atoms with Crippen LogP contribution in [0.15, 0.2) is 6.20 Å². The topological polar surface area (TPSA) is 89.6 Å². The molecule has 10 heteroatoms. The molecule has 0 aromatic carbocycles. The van der Waals surface area contributed by atoms with E-state index in [0.29, 0.717) is 35.0 Å². The van der Waals surface area contributed by atoms with Crippen LogP contribution < -0.4 is 4.74 Å². The van der Waals surface area contributed by atoms with Crippen molar-refractivity contribution >= 4 is 40.3 Å². The second-order valence-corrected chi connectivity index (χ2v) is 8.13. The van der Waals surface area contributed by atoms with E-state index in [9.17, 15) is 4.79 Å². The largest absolute Gasteiger partial charge is 0.477 e. The van der Waals surface area contributed by atoms with Gasteiger partial charge in [-0.2, -0.15) is 9.97 Å². The van der Waals surface area contributed by atoms with Crippen LogP contribution in [0.3, 0.4) is 0 Å². The van der Waals surface area contributed by atoms with Crippen LogP contribution in [0.5, 0.6) is 5.88 Å². The minimum absolute atomic E-state index is 0.0518. The molecule has 1 fully saturated rings. The van der Waals surface area contributed by atoms with Crippen molar-refractivity contribution in [2.45, 2.75) is 32.5 Å². The van der Waals surface area contributed by atoms with Gasteiger partial charge in [0.15, 0.2) is 0 Å². The molecule has 0 radical (unpaired) electrons. The van der Waals surface area contributed by atoms with Crippen molar-refractivity contribution < 1.29 is 19.0 Å². The van der Waals surface area contributed by atoms with Crippen LogP contribution in [0.1, 0.15) is 20.8 Å². The predicted molar refractivity (Wildman–Crippen MR) is 101 cm³/mol. The number of carbonyl (C=O) groups excluding carboxylic acids is 1. The second-order valence-electron chi connectivity index (χ2n) is 7.39. The van der Waals surface area contributed by atoms with Gasteiger partial charge in [0.1, 0.15) is 11.2 Å². The molecule has 1 N–H and O–H groups in total. The fourth-order valence-electron chi connectivity index (χ4n) is 2.97. The lowest BCUT2D eigenvalue weighted by Crippen LogP contribution is -2.36. The highest BCUT2D eigenvalue weighted by atomic mass is 35.5. The SMILES string of the molecule is CO[C@H]1CN(C(=O)OC(C)(C)C)C[C@@H]1COc1nc(Cl)nc2[nH]cc(Cl)c12. The third kappa shape index (κ3) is 4.56. The summed E-state index contributed by atoms with van der Waals surface area (Å²) in [5.74, 6) is 0.242. The molecule has 148 valence electrons. The fourth-order valence-corrected chi connectivity index (χ4v) is 3.36. The van der Waals surface area contributed by atoms with Gasteiger partial charge in [-0.3, -0.25) is 0 Å². The standard InChI is InChI=1S/C17H22Cl2N4O4/c1-17(2,3)27-16(24)23-6-9(11(7-23)25-4)8-26-14-12-10(18)5-20-13(12)21-15(19)22-14/h5,9,11H,6-8H2,1-4H3,(H,20,21,22)/t9-,11+/m1/s1. The number of carbonyl (C=O) groups is 1. The van der Waals surface area contributed by atoms with E-state index in [4.69, 9.17) is 37.4 Å². The third-order valence-corrected chi connectivity index (χ3v) is 4.66. The highest BCUT2D eigenvalue weighted by Crippen LogP contribution is 2.31. The zero-order valence-electron chi connectivity index (χ0n) is 15.6. The number of H-pyrrole nitrogens is 1. The molecule has 1 aliphatic rings. The van der Waals surface area contributed by atoms with Crippen molar-refractivity contribution in [3.63, 3.8) is 0 Å². The summed E-state index contributed by atoms with van der Waals surface area (Å²) in [5.41, 5.74) is -0.0529. The first kappa shape index (κ1) is 20.0. The first-order valence-electron chi connectivity index (χ1n) is 8.51. The molecular weight excluding hydrogens is 395 g/mol. The Bertz CT molecular complexity index is 836. The number of ether oxygens (including phenoxy) is 3. The maximum Gasteiger partial charge on any atom is 0.410 e. The Morgan fingerprint density at radius 2 is 2.07 bits per heavy atom. The van der Waals surface area contributed by atoms with Crippen molar-refractivity contribution in [2.75, 3.05) is 26.8 Å². The van der Waals surface area contributed by atoms with Gasteiger partial charge in [0.2, 0.25) is 11.2 Å². The summed E-state index contributed by atoms with van der Waals surface area (Å²) >= 11 is 12.1. The number of likely N-dealkylation sites (tertiary alicyclic amines) is 1. The summed E-state index contributed by atoms with van der Waals surface area (Å²) < 4.78 is 16.8. The van der Waals surface area contributed by atoms with Crippen molar-refractivity contribution in [3.8, 4) is 5.88 Å². The minimum atomic E-state index is -0.553. The number of hydrogen-bond acceptors (Lipinski definition) is 6. The number of halogens is 2. The Labute approximate surface area is 167 Å². The van der Waals surface area contributed by atoms with E-state index in [1.54, 1.807) is 18.2 Å². The Balaban J connectivity index is 1.70. The smallest absolute Gasteiger partial charge is 0.410 e. The number of aromatic nitrogens is 3. The summed E-state index contributed by atoms with van der Waals surface area (Å²) in [5, 5.41) is 1.07. The normalized spacial score (nSPS) is 20.3. The summed E-state index contributed by atoms with van der Waals surface area (Å²) in [7, 11) is 1.61. The molecule has 0 bridgehead atoms. The third-order valence-electron chi connectivity index (χ3n) is 4.19. The van der Waals surface area contributed by atoms with Crippen LogP contribution in [0.2, 0.25) is 10.3 Å². The second kappa shape index (κ2) is 7.69. The van der Waals surface area contributed by atoms with E-state index < -0.39 is 5.60 Å². The molecule has 8 nitrogen and oxygen atoms in total. The van der Waals surface area contributed by atoms with E-state index in [1.807, 2.05) is 20.8 Å². The van der Waals surface area contributed by atoms with Crippen molar-refractivity contribution in [3.05, 3.63) is 16.5 Å². The summed E-state index contributed by atoms with van der Waals surface area (Å²) in [6.07, 6.45) is 1.06. The molecule has 1 aliphatic heterocycles. The number of fused-ring (bicyclic) bond motifs is 1. The van der Waals surface area contributed by atoms with E-state index in [0.717, 1.165) is 0 Å². The van der Waals surface area contributed by atoms with Crippen LogP contribution in [-0.4, -0.2) is 64.5 Å². The fraction of sp³-hybridized carbons (Fsp3) is 0.588.